The number of piperidine rings is 1. The Hall–Kier alpha value is -2.54. The quantitative estimate of drug-likeness (QED) is 0.855. The van der Waals surface area contributed by atoms with Gasteiger partial charge in [0.25, 0.3) is 5.91 Å². The fourth-order valence-corrected chi connectivity index (χ4v) is 3.47. The summed E-state index contributed by atoms with van der Waals surface area (Å²) in [6.45, 7) is 3.41. The van der Waals surface area contributed by atoms with Gasteiger partial charge in [-0.3, -0.25) is 9.89 Å². The minimum Gasteiger partial charge on any atom is -0.493 e. The summed E-state index contributed by atoms with van der Waals surface area (Å²) in [5.41, 5.74) is 7.89. The molecule has 0 aliphatic carbocycles. The number of aromatic amines is 1. The topological polar surface area (TPSA) is 93.5 Å². The minimum absolute atomic E-state index is 0.0495. The highest BCUT2D eigenvalue weighted by Gasteiger charge is 2.30. The number of benzene rings is 1. The van der Waals surface area contributed by atoms with Gasteiger partial charge in [-0.2, -0.15) is 5.10 Å². The maximum absolute atomic E-state index is 12.9. The van der Waals surface area contributed by atoms with Crippen molar-refractivity contribution in [3.8, 4) is 22.8 Å². The number of methoxy groups -OCH3 is 2. The van der Waals surface area contributed by atoms with Crippen LogP contribution < -0.4 is 15.2 Å². The molecule has 0 spiro atoms. The summed E-state index contributed by atoms with van der Waals surface area (Å²) in [6.07, 6.45) is 1.94. The first-order valence-electron chi connectivity index (χ1n) is 8.86. The van der Waals surface area contributed by atoms with Gasteiger partial charge in [-0.15, -0.1) is 0 Å². The van der Waals surface area contributed by atoms with Gasteiger partial charge in [0.15, 0.2) is 11.5 Å². The first kappa shape index (κ1) is 18.3. The average Bonchev–Trinajstić information content (AvgIpc) is 3.16. The average molecular weight is 358 g/mol. The first-order chi connectivity index (χ1) is 12.6. The number of rotatable bonds is 5. The van der Waals surface area contributed by atoms with Gasteiger partial charge in [-0.25, -0.2) is 0 Å². The van der Waals surface area contributed by atoms with E-state index in [0.717, 1.165) is 24.9 Å². The summed E-state index contributed by atoms with van der Waals surface area (Å²) in [4.78, 5) is 14.8. The molecule has 2 atom stereocenters. The van der Waals surface area contributed by atoms with Crippen molar-refractivity contribution < 1.29 is 14.3 Å². The number of hydrogen-bond acceptors (Lipinski definition) is 5. The van der Waals surface area contributed by atoms with Crippen LogP contribution in [0.15, 0.2) is 24.3 Å². The predicted molar refractivity (Wildman–Crippen MR) is 99.4 cm³/mol. The third-order valence-corrected chi connectivity index (χ3v) is 5.00. The molecule has 1 aromatic heterocycles. The van der Waals surface area contributed by atoms with E-state index >= 15 is 0 Å². The normalized spacial score (nSPS) is 20.1. The van der Waals surface area contributed by atoms with E-state index in [1.807, 2.05) is 23.1 Å². The molecule has 7 heteroatoms. The Balaban J connectivity index is 1.82. The van der Waals surface area contributed by atoms with E-state index < -0.39 is 0 Å². The third-order valence-electron chi connectivity index (χ3n) is 5.00. The van der Waals surface area contributed by atoms with E-state index in [0.29, 0.717) is 35.3 Å². The summed E-state index contributed by atoms with van der Waals surface area (Å²) < 4.78 is 10.6. The second-order valence-electron chi connectivity index (χ2n) is 6.75. The number of carbonyl (C=O) groups excluding carboxylic acids is 1. The summed E-state index contributed by atoms with van der Waals surface area (Å²) in [5, 5.41) is 7.17. The van der Waals surface area contributed by atoms with Crippen molar-refractivity contribution >= 4 is 5.91 Å². The Kier molecular flexibility index (Phi) is 5.46. The highest BCUT2D eigenvalue weighted by molar-refractivity contribution is 5.93. The molecule has 1 aliphatic heterocycles. The molecular formula is C19H26N4O3. The van der Waals surface area contributed by atoms with Crippen molar-refractivity contribution in [1.82, 2.24) is 15.1 Å². The molecule has 7 nitrogen and oxygen atoms in total. The molecule has 1 aliphatic rings. The van der Waals surface area contributed by atoms with Crippen molar-refractivity contribution in [2.45, 2.75) is 25.8 Å². The zero-order chi connectivity index (χ0) is 18.7. The van der Waals surface area contributed by atoms with Gasteiger partial charge in [0, 0.05) is 24.7 Å². The molecule has 1 saturated heterocycles. The van der Waals surface area contributed by atoms with E-state index in [4.69, 9.17) is 15.2 Å². The SMILES string of the molecule is COc1ccc(-c2cc(C(=O)N3CCC(C)CC3CN)[nH]n2)cc1OC. The summed E-state index contributed by atoms with van der Waals surface area (Å²) in [7, 11) is 3.18. The van der Waals surface area contributed by atoms with Crippen molar-refractivity contribution in [2.75, 3.05) is 27.3 Å². The maximum Gasteiger partial charge on any atom is 0.272 e. The zero-order valence-electron chi connectivity index (χ0n) is 15.5. The molecule has 26 heavy (non-hydrogen) atoms. The van der Waals surface area contributed by atoms with Crippen molar-refractivity contribution in [2.24, 2.45) is 11.7 Å². The predicted octanol–water partition coefficient (Wildman–Crippen LogP) is 2.29. The lowest BCUT2D eigenvalue weighted by Crippen LogP contribution is -2.49. The molecule has 140 valence electrons. The smallest absolute Gasteiger partial charge is 0.272 e. The van der Waals surface area contributed by atoms with Crippen LogP contribution in [0.2, 0.25) is 0 Å². The number of carbonyl (C=O) groups is 1. The second kappa shape index (κ2) is 7.78. The second-order valence-corrected chi connectivity index (χ2v) is 6.75. The van der Waals surface area contributed by atoms with Gasteiger partial charge in [0.05, 0.1) is 19.9 Å². The summed E-state index contributed by atoms with van der Waals surface area (Å²) in [6, 6.07) is 7.40. The maximum atomic E-state index is 12.9. The fraction of sp³-hybridized carbons (Fsp3) is 0.474. The lowest BCUT2D eigenvalue weighted by atomic mass is 9.92. The molecule has 1 amide bonds. The van der Waals surface area contributed by atoms with Gasteiger partial charge < -0.3 is 20.1 Å². The van der Waals surface area contributed by atoms with E-state index in [9.17, 15) is 4.79 Å². The monoisotopic (exact) mass is 358 g/mol. The minimum atomic E-state index is -0.0495. The molecule has 0 bridgehead atoms. The first-order valence-corrected chi connectivity index (χ1v) is 8.86. The van der Waals surface area contributed by atoms with Gasteiger partial charge in [0.1, 0.15) is 5.69 Å². The Morgan fingerprint density at radius 2 is 2.08 bits per heavy atom. The molecule has 1 fully saturated rings. The molecule has 2 aromatic rings. The molecule has 2 unspecified atom stereocenters. The largest absolute Gasteiger partial charge is 0.493 e. The van der Waals surface area contributed by atoms with Crippen molar-refractivity contribution in [3.05, 3.63) is 30.0 Å². The van der Waals surface area contributed by atoms with Crippen LogP contribution in [0.4, 0.5) is 0 Å². The molecule has 0 radical (unpaired) electrons. The Morgan fingerprint density at radius 1 is 1.31 bits per heavy atom. The number of aromatic nitrogens is 2. The number of likely N-dealkylation sites (tertiary alicyclic amines) is 1. The van der Waals surface area contributed by atoms with Crippen LogP contribution in [0.5, 0.6) is 11.5 Å². The lowest BCUT2D eigenvalue weighted by molar-refractivity contribution is 0.0567. The van der Waals surface area contributed by atoms with Crippen LogP contribution in [0, 0.1) is 5.92 Å². The van der Waals surface area contributed by atoms with E-state index in [1.54, 1.807) is 20.3 Å². The number of ether oxygens (including phenoxy) is 2. The van der Waals surface area contributed by atoms with Crippen molar-refractivity contribution in [3.63, 3.8) is 0 Å². The molecule has 3 rings (SSSR count). The lowest BCUT2D eigenvalue weighted by Gasteiger charge is -2.37. The highest BCUT2D eigenvalue weighted by Crippen LogP contribution is 2.32. The third kappa shape index (κ3) is 3.53. The van der Waals surface area contributed by atoms with Crippen LogP contribution in [0.3, 0.4) is 0 Å². The molecular weight excluding hydrogens is 332 g/mol. The Bertz CT molecular complexity index is 774. The molecule has 3 N–H and O–H groups in total. The number of hydrogen-bond donors (Lipinski definition) is 2. The number of nitrogens with one attached hydrogen (secondary N) is 1. The summed E-state index contributed by atoms with van der Waals surface area (Å²) in [5.74, 6) is 1.81. The van der Waals surface area contributed by atoms with Gasteiger partial charge in [-0.1, -0.05) is 6.92 Å². The van der Waals surface area contributed by atoms with Crippen LogP contribution in [0.25, 0.3) is 11.3 Å². The number of amides is 1. The van der Waals surface area contributed by atoms with E-state index in [2.05, 4.69) is 17.1 Å². The van der Waals surface area contributed by atoms with E-state index in [-0.39, 0.29) is 11.9 Å². The molecule has 1 aromatic carbocycles. The number of H-pyrrole nitrogens is 1. The fourth-order valence-electron chi connectivity index (χ4n) is 3.47. The van der Waals surface area contributed by atoms with E-state index in [1.165, 1.54) is 0 Å². The standard InChI is InChI=1S/C19H26N4O3/c1-12-6-7-23(14(8-12)11-20)19(24)16-10-15(21-22-16)13-4-5-17(25-2)18(9-13)26-3/h4-5,9-10,12,14H,6-8,11,20H2,1-3H3,(H,21,22). The van der Waals surface area contributed by atoms with Crippen LogP contribution in [0.1, 0.15) is 30.3 Å². The molecule has 2 heterocycles. The van der Waals surface area contributed by atoms with Crippen LogP contribution >= 0.6 is 0 Å². The zero-order valence-corrected chi connectivity index (χ0v) is 15.5. The van der Waals surface area contributed by atoms with Gasteiger partial charge >= 0.3 is 0 Å². The Morgan fingerprint density at radius 3 is 2.77 bits per heavy atom. The Labute approximate surface area is 153 Å². The highest BCUT2D eigenvalue weighted by atomic mass is 16.5. The van der Waals surface area contributed by atoms with Crippen LogP contribution in [-0.2, 0) is 0 Å². The van der Waals surface area contributed by atoms with Gasteiger partial charge in [0.2, 0.25) is 0 Å². The van der Waals surface area contributed by atoms with Crippen molar-refractivity contribution in [1.29, 1.82) is 0 Å². The summed E-state index contributed by atoms with van der Waals surface area (Å²) >= 11 is 0. The van der Waals surface area contributed by atoms with Crippen LogP contribution in [-0.4, -0.2) is 54.4 Å². The molecule has 0 saturated carbocycles. The van der Waals surface area contributed by atoms with Gasteiger partial charge in [-0.05, 0) is 43.0 Å². The number of nitrogens with zero attached hydrogens (tertiary/aromatic N) is 2. The number of nitrogens with two attached hydrogens (primary N) is 1.